The van der Waals surface area contributed by atoms with Crippen molar-refractivity contribution in [3.05, 3.63) is 57.5 Å². The Kier molecular flexibility index (Phi) is 5.94. The Hall–Kier alpha value is -1.67. The quantitative estimate of drug-likeness (QED) is 0.857. The van der Waals surface area contributed by atoms with Crippen LogP contribution in [-0.4, -0.2) is 23.7 Å². The fourth-order valence-electron chi connectivity index (χ4n) is 2.02. The highest BCUT2D eigenvalue weighted by molar-refractivity contribution is 7.10. The molecule has 0 radical (unpaired) electrons. The predicted octanol–water partition coefficient (Wildman–Crippen LogP) is 3.25. The lowest BCUT2D eigenvalue weighted by atomic mass is 10.2. The Balaban J connectivity index is 1.91. The summed E-state index contributed by atoms with van der Waals surface area (Å²) in [5.41, 5.74) is 1.96. The minimum atomic E-state index is -0.196. The van der Waals surface area contributed by atoms with E-state index in [2.05, 4.69) is 22.8 Å². The number of thiophene rings is 1. The summed E-state index contributed by atoms with van der Waals surface area (Å²) in [6, 6.07) is 8.76. The molecule has 110 valence electrons. The fraction of sp³-hybridized carbons (Fsp3) is 0.294. The van der Waals surface area contributed by atoms with E-state index in [1.54, 1.807) is 23.5 Å². The summed E-state index contributed by atoms with van der Waals surface area (Å²) < 4.78 is 13.1. The zero-order chi connectivity index (χ0) is 15.1. The van der Waals surface area contributed by atoms with Gasteiger partial charge in [0.2, 0.25) is 0 Å². The van der Waals surface area contributed by atoms with Gasteiger partial charge in [-0.1, -0.05) is 24.0 Å². The lowest BCUT2D eigenvalue weighted by Gasteiger charge is -2.15. The van der Waals surface area contributed by atoms with Crippen molar-refractivity contribution >= 4 is 11.3 Å². The molecule has 1 N–H and O–H groups in total. The van der Waals surface area contributed by atoms with Gasteiger partial charge in [0.05, 0.1) is 6.61 Å². The van der Waals surface area contributed by atoms with Crippen molar-refractivity contribution in [2.24, 2.45) is 0 Å². The lowest BCUT2D eigenvalue weighted by molar-refractivity contribution is 0.305. The second kappa shape index (κ2) is 7.94. The molecular formula is C17H18FNOS. The zero-order valence-corrected chi connectivity index (χ0v) is 12.8. The third kappa shape index (κ3) is 5.31. The van der Waals surface area contributed by atoms with E-state index in [9.17, 15) is 4.39 Å². The van der Waals surface area contributed by atoms with E-state index in [1.807, 2.05) is 18.5 Å². The molecule has 0 aliphatic heterocycles. The Morgan fingerprint density at radius 3 is 2.90 bits per heavy atom. The van der Waals surface area contributed by atoms with Crippen LogP contribution in [0.5, 0.6) is 0 Å². The van der Waals surface area contributed by atoms with Crippen molar-refractivity contribution in [3.63, 3.8) is 0 Å². The van der Waals surface area contributed by atoms with Crippen LogP contribution >= 0.6 is 11.3 Å². The van der Waals surface area contributed by atoms with Gasteiger partial charge in [-0.3, -0.25) is 4.90 Å². The number of benzene rings is 1. The van der Waals surface area contributed by atoms with Crippen LogP contribution in [-0.2, 0) is 13.1 Å². The van der Waals surface area contributed by atoms with E-state index < -0.39 is 0 Å². The fourth-order valence-corrected chi connectivity index (χ4v) is 2.91. The maximum absolute atomic E-state index is 13.1. The highest BCUT2D eigenvalue weighted by Crippen LogP contribution is 2.17. The molecule has 4 heteroatoms. The monoisotopic (exact) mass is 303 g/mol. The summed E-state index contributed by atoms with van der Waals surface area (Å²) >= 11 is 1.67. The molecule has 0 atom stereocenters. The van der Waals surface area contributed by atoms with Crippen molar-refractivity contribution in [2.45, 2.75) is 19.5 Å². The van der Waals surface area contributed by atoms with Crippen LogP contribution in [0, 0.1) is 17.7 Å². The molecule has 0 amide bonds. The number of hydrogen-bond donors (Lipinski definition) is 1. The number of rotatable bonds is 5. The van der Waals surface area contributed by atoms with E-state index in [-0.39, 0.29) is 12.4 Å². The Morgan fingerprint density at radius 1 is 1.29 bits per heavy atom. The molecule has 2 aromatic rings. The molecule has 0 fully saturated rings. The highest BCUT2D eigenvalue weighted by Gasteiger charge is 2.05. The number of nitrogens with zero attached hydrogens (tertiary/aromatic N) is 1. The average molecular weight is 303 g/mol. The standard InChI is InChI=1S/C17H18FNOS/c1-19(11-14-6-4-7-16(18)9-14)12-17-10-15(13-21-17)5-2-3-8-20/h4,6-7,9-10,13,20H,3,8,11-12H2,1H3. The summed E-state index contributed by atoms with van der Waals surface area (Å²) in [4.78, 5) is 3.37. The topological polar surface area (TPSA) is 23.5 Å². The number of halogens is 1. The van der Waals surface area contributed by atoms with E-state index >= 15 is 0 Å². The Bertz CT molecular complexity index is 641. The Morgan fingerprint density at radius 2 is 2.14 bits per heavy atom. The molecule has 0 saturated carbocycles. The third-order valence-corrected chi connectivity index (χ3v) is 3.81. The van der Waals surface area contributed by atoms with Crippen molar-refractivity contribution in [2.75, 3.05) is 13.7 Å². The smallest absolute Gasteiger partial charge is 0.123 e. The first-order chi connectivity index (χ1) is 10.2. The van der Waals surface area contributed by atoms with Crippen LogP contribution in [0.15, 0.2) is 35.7 Å². The molecule has 0 aliphatic rings. The van der Waals surface area contributed by atoms with Gasteiger partial charge in [-0.25, -0.2) is 4.39 Å². The van der Waals surface area contributed by atoms with Gasteiger partial charge in [-0.15, -0.1) is 11.3 Å². The molecule has 2 nitrogen and oxygen atoms in total. The highest BCUT2D eigenvalue weighted by atomic mass is 32.1. The van der Waals surface area contributed by atoms with Crippen LogP contribution in [0.25, 0.3) is 0 Å². The van der Waals surface area contributed by atoms with E-state index in [4.69, 9.17) is 5.11 Å². The normalized spacial score (nSPS) is 10.5. The first-order valence-electron chi connectivity index (χ1n) is 6.77. The first-order valence-corrected chi connectivity index (χ1v) is 7.65. The second-order valence-corrected chi connectivity index (χ2v) is 5.88. The second-order valence-electron chi connectivity index (χ2n) is 4.88. The minimum Gasteiger partial charge on any atom is -0.395 e. The van der Waals surface area contributed by atoms with Gasteiger partial charge in [0.1, 0.15) is 5.82 Å². The summed E-state index contributed by atoms with van der Waals surface area (Å²) in [5, 5.41) is 10.7. The molecular weight excluding hydrogens is 285 g/mol. The maximum atomic E-state index is 13.1. The molecule has 1 aromatic heterocycles. The van der Waals surface area contributed by atoms with Crippen LogP contribution in [0.2, 0.25) is 0 Å². The van der Waals surface area contributed by atoms with Gasteiger partial charge < -0.3 is 5.11 Å². The van der Waals surface area contributed by atoms with Crippen molar-refractivity contribution in [1.82, 2.24) is 4.90 Å². The third-order valence-electron chi connectivity index (χ3n) is 2.89. The SMILES string of the molecule is CN(Cc1cccc(F)c1)Cc1cc(C#CCCO)cs1. The molecule has 0 bridgehead atoms. The number of aliphatic hydroxyl groups excluding tert-OH is 1. The van der Waals surface area contributed by atoms with E-state index in [0.29, 0.717) is 13.0 Å². The number of hydrogen-bond acceptors (Lipinski definition) is 3. The van der Waals surface area contributed by atoms with Crippen LogP contribution < -0.4 is 0 Å². The van der Waals surface area contributed by atoms with Crippen LogP contribution in [0.4, 0.5) is 4.39 Å². The first kappa shape index (κ1) is 15.7. The van der Waals surface area contributed by atoms with Gasteiger partial charge in [-0.05, 0) is 30.8 Å². The van der Waals surface area contributed by atoms with Gasteiger partial charge >= 0.3 is 0 Å². The van der Waals surface area contributed by atoms with Gasteiger partial charge in [0.15, 0.2) is 0 Å². The molecule has 0 unspecified atom stereocenters. The zero-order valence-electron chi connectivity index (χ0n) is 12.0. The van der Waals surface area contributed by atoms with Crippen LogP contribution in [0.3, 0.4) is 0 Å². The summed E-state index contributed by atoms with van der Waals surface area (Å²) in [6.07, 6.45) is 0.505. The van der Waals surface area contributed by atoms with Crippen molar-refractivity contribution in [1.29, 1.82) is 0 Å². The molecule has 1 aromatic carbocycles. The minimum absolute atomic E-state index is 0.0976. The Labute approximate surface area is 128 Å². The van der Waals surface area contributed by atoms with Gasteiger partial charge in [0, 0.05) is 35.3 Å². The van der Waals surface area contributed by atoms with Crippen molar-refractivity contribution in [3.8, 4) is 11.8 Å². The summed E-state index contributed by atoms with van der Waals surface area (Å²) in [6.45, 7) is 1.62. The molecule has 1 heterocycles. The maximum Gasteiger partial charge on any atom is 0.123 e. The summed E-state index contributed by atoms with van der Waals surface area (Å²) in [7, 11) is 2.02. The number of aliphatic hydroxyl groups is 1. The summed E-state index contributed by atoms with van der Waals surface area (Å²) in [5.74, 6) is 5.75. The molecule has 21 heavy (non-hydrogen) atoms. The van der Waals surface area contributed by atoms with E-state index in [1.165, 1.54) is 10.9 Å². The van der Waals surface area contributed by atoms with Crippen molar-refractivity contribution < 1.29 is 9.50 Å². The largest absolute Gasteiger partial charge is 0.395 e. The van der Waals surface area contributed by atoms with E-state index in [0.717, 1.165) is 17.7 Å². The predicted molar refractivity (Wildman–Crippen MR) is 84.5 cm³/mol. The van der Waals surface area contributed by atoms with Gasteiger partial charge in [-0.2, -0.15) is 0 Å². The molecule has 2 rings (SSSR count). The van der Waals surface area contributed by atoms with Gasteiger partial charge in [0.25, 0.3) is 0 Å². The lowest BCUT2D eigenvalue weighted by Crippen LogP contribution is -2.16. The molecule has 0 aliphatic carbocycles. The average Bonchev–Trinajstić information content (AvgIpc) is 2.86. The van der Waals surface area contributed by atoms with Crippen LogP contribution in [0.1, 0.15) is 22.4 Å². The molecule has 0 saturated heterocycles. The molecule has 0 spiro atoms.